The van der Waals surface area contributed by atoms with E-state index in [4.69, 9.17) is 0 Å². The van der Waals surface area contributed by atoms with Crippen LogP contribution in [0.4, 0.5) is 5.82 Å². The summed E-state index contributed by atoms with van der Waals surface area (Å²) in [7, 11) is 2.19. The maximum Gasteiger partial charge on any atom is 0.133 e. The number of hydrogen-bond donors (Lipinski definition) is 1. The molecule has 0 amide bonds. The molecule has 20 heavy (non-hydrogen) atoms. The first-order valence-corrected chi connectivity index (χ1v) is 8.45. The van der Waals surface area contributed by atoms with Crippen molar-refractivity contribution >= 4 is 21.7 Å². The summed E-state index contributed by atoms with van der Waals surface area (Å²) in [5.74, 6) is 1.81. The van der Waals surface area contributed by atoms with Gasteiger partial charge in [-0.25, -0.2) is 4.98 Å². The first-order valence-electron chi connectivity index (χ1n) is 7.66. The van der Waals surface area contributed by atoms with E-state index in [9.17, 15) is 0 Å². The summed E-state index contributed by atoms with van der Waals surface area (Å²) in [6.07, 6.45) is 7.21. The third-order valence-electron chi connectivity index (χ3n) is 3.98. The van der Waals surface area contributed by atoms with Crippen molar-refractivity contribution in [2.75, 3.05) is 18.5 Å². The SMILES string of the molecule is CC(C)CNCc1cc(Br)cnc1N(C)C1CCCC1. The van der Waals surface area contributed by atoms with E-state index < -0.39 is 0 Å². The second kappa shape index (κ2) is 7.41. The summed E-state index contributed by atoms with van der Waals surface area (Å²) < 4.78 is 1.06. The second-order valence-corrected chi connectivity index (χ2v) is 7.13. The molecule has 1 N–H and O–H groups in total. The van der Waals surface area contributed by atoms with E-state index in [-0.39, 0.29) is 0 Å². The highest BCUT2D eigenvalue weighted by molar-refractivity contribution is 9.10. The molecule has 0 aromatic carbocycles. The first kappa shape index (κ1) is 15.8. The third kappa shape index (κ3) is 4.19. The topological polar surface area (TPSA) is 28.2 Å². The number of aromatic nitrogens is 1. The van der Waals surface area contributed by atoms with Gasteiger partial charge in [-0.1, -0.05) is 26.7 Å². The lowest BCUT2D eigenvalue weighted by molar-refractivity contribution is 0.550. The highest BCUT2D eigenvalue weighted by Gasteiger charge is 2.22. The Balaban J connectivity index is 2.09. The van der Waals surface area contributed by atoms with Gasteiger partial charge in [-0.05, 0) is 47.3 Å². The van der Waals surface area contributed by atoms with E-state index in [0.29, 0.717) is 12.0 Å². The minimum atomic E-state index is 0.660. The Bertz CT molecular complexity index is 428. The molecule has 0 aliphatic heterocycles. The van der Waals surface area contributed by atoms with Crippen LogP contribution in [0.15, 0.2) is 16.7 Å². The van der Waals surface area contributed by atoms with E-state index in [1.165, 1.54) is 31.2 Å². The van der Waals surface area contributed by atoms with Crippen LogP contribution in [0.25, 0.3) is 0 Å². The molecule has 1 aliphatic rings. The molecule has 0 radical (unpaired) electrons. The fourth-order valence-electron chi connectivity index (χ4n) is 2.88. The third-order valence-corrected chi connectivity index (χ3v) is 4.42. The zero-order valence-electron chi connectivity index (χ0n) is 12.8. The number of pyridine rings is 1. The summed E-state index contributed by atoms with van der Waals surface area (Å²) in [6, 6.07) is 2.86. The monoisotopic (exact) mass is 339 g/mol. The highest BCUT2D eigenvalue weighted by Crippen LogP contribution is 2.29. The zero-order valence-corrected chi connectivity index (χ0v) is 14.4. The van der Waals surface area contributed by atoms with Gasteiger partial charge in [0, 0.05) is 35.9 Å². The molecular formula is C16H26BrN3. The van der Waals surface area contributed by atoms with Gasteiger partial charge in [0.2, 0.25) is 0 Å². The Morgan fingerprint density at radius 1 is 1.40 bits per heavy atom. The number of hydrogen-bond acceptors (Lipinski definition) is 3. The van der Waals surface area contributed by atoms with Crippen LogP contribution in [0.3, 0.4) is 0 Å². The average Bonchev–Trinajstić information content (AvgIpc) is 2.91. The molecule has 1 fully saturated rings. The van der Waals surface area contributed by atoms with E-state index in [1.807, 2.05) is 6.20 Å². The van der Waals surface area contributed by atoms with Crippen LogP contribution in [0, 0.1) is 5.92 Å². The molecule has 112 valence electrons. The lowest BCUT2D eigenvalue weighted by Crippen LogP contribution is -2.31. The molecule has 4 heteroatoms. The summed E-state index contributed by atoms with van der Waals surface area (Å²) in [6.45, 7) is 6.39. The minimum absolute atomic E-state index is 0.660. The van der Waals surface area contributed by atoms with E-state index >= 15 is 0 Å². The van der Waals surface area contributed by atoms with Crippen molar-refractivity contribution in [2.45, 2.75) is 52.1 Å². The Hall–Kier alpha value is -0.610. The smallest absolute Gasteiger partial charge is 0.133 e. The molecule has 1 heterocycles. The zero-order chi connectivity index (χ0) is 14.5. The molecule has 0 unspecified atom stereocenters. The molecule has 2 rings (SSSR count). The Morgan fingerprint density at radius 2 is 2.10 bits per heavy atom. The van der Waals surface area contributed by atoms with E-state index in [1.54, 1.807) is 0 Å². The van der Waals surface area contributed by atoms with Crippen LogP contribution in [0.5, 0.6) is 0 Å². The second-order valence-electron chi connectivity index (χ2n) is 6.21. The van der Waals surface area contributed by atoms with Crippen molar-refractivity contribution < 1.29 is 0 Å². The fraction of sp³-hybridized carbons (Fsp3) is 0.688. The lowest BCUT2D eigenvalue weighted by atomic mass is 10.1. The van der Waals surface area contributed by atoms with Crippen LogP contribution in [-0.2, 0) is 6.54 Å². The molecule has 1 saturated carbocycles. The predicted molar refractivity (Wildman–Crippen MR) is 89.1 cm³/mol. The van der Waals surface area contributed by atoms with Gasteiger partial charge in [-0.3, -0.25) is 0 Å². The van der Waals surface area contributed by atoms with E-state index in [2.05, 4.69) is 58.1 Å². The lowest BCUT2D eigenvalue weighted by Gasteiger charge is -2.27. The van der Waals surface area contributed by atoms with Gasteiger partial charge < -0.3 is 10.2 Å². The van der Waals surface area contributed by atoms with Gasteiger partial charge in [0.1, 0.15) is 5.82 Å². The maximum atomic E-state index is 4.66. The van der Waals surface area contributed by atoms with Crippen molar-refractivity contribution in [3.05, 3.63) is 22.3 Å². The number of nitrogens with zero attached hydrogens (tertiary/aromatic N) is 2. The van der Waals surface area contributed by atoms with Gasteiger partial charge in [0.05, 0.1) is 0 Å². The summed E-state index contributed by atoms with van der Waals surface area (Å²) in [5.41, 5.74) is 1.29. The van der Waals surface area contributed by atoms with Crippen LogP contribution in [0.2, 0.25) is 0 Å². The molecule has 0 bridgehead atoms. The standard InChI is InChI=1S/C16H26BrN3/c1-12(2)9-18-10-13-8-14(17)11-19-16(13)20(3)15-6-4-5-7-15/h8,11-12,15,18H,4-7,9-10H2,1-3H3. The Labute approximate surface area is 131 Å². The molecular weight excluding hydrogens is 314 g/mol. The minimum Gasteiger partial charge on any atom is -0.356 e. The van der Waals surface area contributed by atoms with Crippen LogP contribution in [-0.4, -0.2) is 24.6 Å². The summed E-state index contributed by atoms with van der Waals surface area (Å²) in [5, 5.41) is 3.53. The normalized spacial score (nSPS) is 16.1. The molecule has 0 atom stereocenters. The summed E-state index contributed by atoms with van der Waals surface area (Å²) in [4.78, 5) is 7.04. The van der Waals surface area contributed by atoms with Gasteiger partial charge in [-0.15, -0.1) is 0 Å². The first-order chi connectivity index (χ1) is 9.58. The molecule has 1 aromatic rings. The number of halogens is 1. The quantitative estimate of drug-likeness (QED) is 0.849. The molecule has 0 saturated heterocycles. The number of anilines is 1. The van der Waals surface area contributed by atoms with Crippen LogP contribution in [0.1, 0.15) is 45.1 Å². The molecule has 3 nitrogen and oxygen atoms in total. The van der Waals surface area contributed by atoms with Gasteiger partial charge >= 0.3 is 0 Å². The Morgan fingerprint density at radius 3 is 2.75 bits per heavy atom. The Kier molecular flexibility index (Phi) is 5.85. The average molecular weight is 340 g/mol. The number of rotatable bonds is 6. The largest absolute Gasteiger partial charge is 0.356 e. The molecule has 0 spiro atoms. The van der Waals surface area contributed by atoms with Crippen molar-refractivity contribution in [3.63, 3.8) is 0 Å². The predicted octanol–water partition coefficient (Wildman–Crippen LogP) is 3.97. The highest BCUT2D eigenvalue weighted by atomic mass is 79.9. The van der Waals surface area contributed by atoms with E-state index in [0.717, 1.165) is 23.4 Å². The summed E-state index contributed by atoms with van der Waals surface area (Å²) >= 11 is 3.54. The van der Waals surface area contributed by atoms with Crippen molar-refractivity contribution in [1.82, 2.24) is 10.3 Å². The van der Waals surface area contributed by atoms with Gasteiger partial charge in [-0.2, -0.15) is 0 Å². The number of nitrogens with one attached hydrogen (secondary N) is 1. The van der Waals surface area contributed by atoms with Crippen molar-refractivity contribution in [1.29, 1.82) is 0 Å². The van der Waals surface area contributed by atoms with Gasteiger partial charge in [0.25, 0.3) is 0 Å². The van der Waals surface area contributed by atoms with Crippen LogP contribution >= 0.6 is 15.9 Å². The molecule has 1 aromatic heterocycles. The van der Waals surface area contributed by atoms with Crippen molar-refractivity contribution in [3.8, 4) is 0 Å². The van der Waals surface area contributed by atoms with Gasteiger partial charge in [0.15, 0.2) is 0 Å². The fourth-order valence-corrected chi connectivity index (χ4v) is 3.26. The van der Waals surface area contributed by atoms with Crippen molar-refractivity contribution in [2.24, 2.45) is 5.92 Å². The molecule has 1 aliphatic carbocycles. The maximum absolute atomic E-state index is 4.66. The van der Waals surface area contributed by atoms with Crippen LogP contribution < -0.4 is 10.2 Å².